The van der Waals surface area contributed by atoms with Crippen LogP contribution in [0.1, 0.15) is 10.5 Å². The van der Waals surface area contributed by atoms with Crippen LogP contribution in [0.4, 0.5) is 0 Å². The van der Waals surface area contributed by atoms with Crippen LogP contribution in [0.2, 0.25) is 0 Å². The van der Waals surface area contributed by atoms with Crippen LogP contribution in [0.25, 0.3) is 11.1 Å². The summed E-state index contributed by atoms with van der Waals surface area (Å²) in [6, 6.07) is 3.15. The van der Waals surface area contributed by atoms with Gasteiger partial charge in [0.1, 0.15) is 5.69 Å². The first-order valence-corrected chi connectivity index (χ1v) is 4.14. The van der Waals surface area contributed by atoms with E-state index in [1.807, 2.05) is 0 Å². The summed E-state index contributed by atoms with van der Waals surface area (Å²) >= 11 is 5.24. The van der Waals surface area contributed by atoms with Crippen molar-refractivity contribution in [3.8, 4) is 0 Å². The number of carbonyl (C=O) groups is 1. The number of alkyl halides is 1. The minimum Gasteiger partial charge on any atom is -0.463 e. The Morgan fingerprint density at radius 3 is 3.23 bits per heavy atom. The van der Waals surface area contributed by atoms with E-state index in [1.54, 1.807) is 12.1 Å². The van der Waals surface area contributed by atoms with Crippen molar-refractivity contribution in [1.82, 2.24) is 4.98 Å². The Labute approximate surface area is 78.4 Å². The van der Waals surface area contributed by atoms with Gasteiger partial charge in [-0.2, -0.15) is 0 Å². The summed E-state index contributed by atoms with van der Waals surface area (Å²) in [5.74, 6) is -0.485. The molecule has 0 saturated heterocycles. The number of ether oxygens (including phenoxy) is 1. The summed E-state index contributed by atoms with van der Waals surface area (Å²) in [6.45, 7) is 0. The number of carbonyl (C=O) groups excluding carboxylic acids is 1. The SMILES string of the molecule is O=C(OCCl)c1cc2occc2[nH]1. The second-order valence-corrected chi connectivity index (χ2v) is 2.64. The molecule has 5 heteroatoms. The van der Waals surface area contributed by atoms with Crippen molar-refractivity contribution >= 4 is 28.7 Å². The quantitative estimate of drug-likeness (QED) is 0.595. The van der Waals surface area contributed by atoms with Crippen molar-refractivity contribution in [2.45, 2.75) is 0 Å². The minimum absolute atomic E-state index is 0.154. The number of aromatic nitrogens is 1. The van der Waals surface area contributed by atoms with Gasteiger partial charge in [-0.3, -0.25) is 0 Å². The maximum absolute atomic E-state index is 11.1. The lowest BCUT2D eigenvalue weighted by molar-refractivity contribution is 0.0568. The molecule has 0 aliphatic heterocycles. The number of nitrogens with one attached hydrogen (secondary N) is 1. The van der Waals surface area contributed by atoms with E-state index in [0.717, 1.165) is 5.52 Å². The Morgan fingerprint density at radius 2 is 2.54 bits per heavy atom. The summed E-state index contributed by atoms with van der Waals surface area (Å²) in [5, 5.41) is 0. The molecule has 0 aliphatic rings. The summed E-state index contributed by atoms with van der Waals surface area (Å²) in [5.41, 5.74) is 1.73. The number of H-pyrrole nitrogens is 1. The molecular weight excluding hydrogens is 194 g/mol. The molecular formula is C8H6ClNO3. The van der Waals surface area contributed by atoms with Crippen LogP contribution in [0.3, 0.4) is 0 Å². The minimum atomic E-state index is -0.485. The van der Waals surface area contributed by atoms with Gasteiger partial charge in [0.05, 0.1) is 11.8 Å². The highest BCUT2D eigenvalue weighted by atomic mass is 35.5. The van der Waals surface area contributed by atoms with Crippen molar-refractivity contribution < 1.29 is 13.9 Å². The number of fused-ring (bicyclic) bond motifs is 1. The molecule has 13 heavy (non-hydrogen) atoms. The van der Waals surface area contributed by atoms with Crippen LogP contribution in [0, 0.1) is 0 Å². The van der Waals surface area contributed by atoms with E-state index in [2.05, 4.69) is 9.72 Å². The van der Waals surface area contributed by atoms with E-state index >= 15 is 0 Å². The maximum atomic E-state index is 11.1. The summed E-state index contributed by atoms with van der Waals surface area (Å²) in [4.78, 5) is 14.0. The number of esters is 1. The second kappa shape index (κ2) is 3.14. The fraction of sp³-hybridized carbons (Fsp3) is 0.125. The monoisotopic (exact) mass is 199 g/mol. The van der Waals surface area contributed by atoms with E-state index in [0.29, 0.717) is 11.3 Å². The van der Waals surface area contributed by atoms with Gasteiger partial charge in [0, 0.05) is 12.1 Å². The second-order valence-electron chi connectivity index (χ2n) is 2.42. The van der Waals surface area contributed by atoms with Crippen molar-refractivity contribution in [2.24, 2.45) is 0 Å². The highest BCUT2D eigenvalue weighted by Crippen LogP contribution is 2.16. The average molecular weight is 200 g/mol. The normalized spacial score (nSPS) is 10.5. The topological polar surface area (TPSA) is 55.2 Å². The molecule has 4 nitrogen and oxygen atoms in total. The third-order valence-electron chi connectivity index (χ3n) is 1.65. The first-order chi connectivity index (χ1) is 6.31. The smallest absolute Gasteiger partial charge is 0.356 e. The molecule has 0 unspecified atom stereocenters. The van der Waals surface area contributed by atoms with Crippen molar-refractivity contribution in [3.63, 3.8) is 0 Å². The molecule has 1 N–H and O–H groups in total. The van der Waals surface area contributed by atoms with Gasteiger partial charge >= 0.3 is 5.97 Å². The molecule has 0 radical (unpaired) electrons. The predicted molar refractivity (Wildman–Crippen MR) is 46.7 cm³/mol. The Balaban J connectivity index is 2.34. The molecule has 2 rings (SSSR count). The van der Waals surface area contributed by atoms with Gasteiger partial charge in [-0.05, 0) is 0 Å². The lowest BCUT2D eigenvalue weighted by atomic mass is 10.4. The summed E-state index contributed by atoms with van der Waals surface area (Å²) in [7, 11) is 0. The molecule has 2 heterocycles. The largest absolute Gasteiger partial charge is 0.463 e. The third-order valence-corrected chi connectivity index (χ3v) is 1.75. The standard InChI is InChI=1S/C8H6ClNO3/c9-4-13-8(11)6-3-7-5(10-6)1-2-12-7/h1-3,10H,4H2. The summed E-state index contributed by atoms with van der Waals surface area (Å²) < 4.78 is 9.64. The molecule has 0 aromatic carbocycles. The van der Waals surface area contributed by atoms with Gasteiger partial charge in [0.25, 0.3) is 0 Å². The first-order valence-electron chi connectivity index (χ1n) is 3.60. The molecule has 68 valence electrons. The average Bonchev–Trinajstić information content (AvgIpc) is 2.61. The van der Waals surface area contributed by atoms with Gasteiger partial charge in [0.2, 0.25) is 0 Å². The van der Waals surface area contributed by atoms with Gasteiger partial charge < -0.3 is 14.1 Å². The molecule has 0 aliphatic carbocycles. The Morgan fingerprint density at radius 1 is 1.69 bits per heavy atom. The maximum Gasteiger partial charge on any atom is 0.356 e. The number of rotatable bonds is 2. The van der Waals surface area contributed by atoms with E-state index in [4.69, 9.17) is 16.0 Å². The fourth-order valence-corrected chi connectivity index (χ4v) is 1.18. The number of halogens is 1. The first kappa shape index (κ1) is 8.19. The van der Waals surface area contributed by atoms with Crippen LogP contribution in [-0.2, 0) is 4.74 Å². The zero-order valence-corrected chi connectivity index (χ0v) is 7.30. The van der Waals surface area contributed by atoms with Gasteiger partial charge in [0.15, 0.2) is 11.6 Å². The molecule has 2 aromatic rings. The van der Waals surface area contributed by atoms with Crippen molar-refractivity contribution in [1.29, 1.82) is 0 Å². The highest BCUT2D eigenvalue weighted by Gasteiger charge is 2.11. The van der Waals surface area contributed by atoms with Gasteiger partial charge in [-0.15, -0.1) is 0 Å². The fourth-order valence-electron chi connectivity index (χ4n) is 1.09. The Bertz CT molecular complexity index is 403. The van der Waals surface area contributed by atoms with Crippen LogP contribution < -0.4 is 0 Å². The Hall–Kier alpha value is -1.42. The van der Waals surface area contributed by atoms with Crippen LogP contribution >= 0.6 is 11.6 Å². The van der Waals surface area contributed by atoms with Crippen LogP contribution in [0.15, 0.2) is 22.8 Å². The molecule has 0 saturated carbocycles. The lowest BCUT2D eigenvalue weighted by Gasteiger charge is -1.95. The number of hydrogen-bond acceptors (Lipinski definition) is 3. The van der Waals surface area contributed by atoms with Gasteiger partial charge in [-0.25, -0.2) is 4.79 Å². The number of hydrogen-bond donors (Lipinski definition) is 1. The number of furan rings is 1. The molecule has 0 atom stereocenters. The molecule has 0 bridgehead atoms. The van der Waals surface area contributed by atoms with E-state index in [-0.39, 0.29) is 6.07 Å². The summed E-state index contributed by atoms with van der Waals surface area (Å²) in [6.07, 6.45) is 1.54. The zero-order chi connectivity index (χ0) is 9.26. The van der Waals surface area contributed by atoms with Crippen LogP contribution in [-0.4, -0.2) is 17.0 Å². The molecule has 0 amide bonds. The molecule has 0 spiro atoms. The zero-order valence-electron chi connectivity index (χ0n) is 6.54. The number of aromatic amines is 1. The van der Waals surface area contributed by atoms with Crippen molar-refractivity contribution in [2.75, 3.05) is 6.07 Å². The lowest BCUT2D eigenvalue weighted by Crippen LogP contribution is -2.03. The highest BCUT2D eigenvalue weighted by molar-refractivity contribution is 6.17. The van der Waals surface area contributed by atoms with Gasteiger partial charge in [-0.1, -0.05) is 11.6 Å². The van der Waals surface area contributed by atoms with E-state index in [9.17, 15) is 4.79 Å². The van der Waals surface area contributed by atoms with Crippen LogP contribution in [0.5, 0.6) is 0 Å². The van der Waals surface area contributed by atoms with E-state index < -0.39 is 5.97 Å². The molecule has 2 aromatic heterocycles. The molecule has 0 fully saturated rings. The van der Waals surface area contributed by atoms with E-state index in [1.165, 1.54) is 6.26 Å². The Kier molecular flexibility index (Phi) is 1.98. The predicted octanol–water partition coefficient (Wildman–Crippen LogP) is 2.11. The van der Waals surface area contributed by atoms with Crippen molar-refractivity contribution in [3.05, 3.63) is 24.1 Å². The third kappa shape index (κ3) is 1.40.